The van der Waals surface area contributed by atoms with Gasteiger partial charge in [-0.05, 0) is 55.6 Å². The maximum Gasteiger partial charge on any atom is -0.0156 e. The van der Waals surface area contributed by atoms with Gasteiger partial charge in [-0.1, -0.05) is 74.4 Å². The van der Waals surface area contributed by atoms with Gasteiger partial charge in [0.15, 0.2) is 0 Å². The molecule has 0 atom stereocenters. The summed E-state index contributed by atoms with van der Waals surface area (Å²) in [5.41, 5.74) is 4.96. The topological polar surface area (TPSA) is 0 Å². The Morgan fingerprint density at radius 3 is 1.81 bits per heavy atom. The van der Waals surface area contributed by atoms with E-state index in [1.54, 1.807) is 11.1 Å². The Morgan fingerprint density at radius 2 is 1.24 bits per heavy atom. The molecule has 1 aromatic carbocycles. The van der Waals surface area contributed by atoms with Crippen molar-refractivity contribution in [3.8, 4) is 0 Å². The SMILES string of the molecule is CC(=C(c1ccccc1)C1CCCCC1)C1CCCCC1. The van der Waals surface area contributed by atoms with Crippen LogP contribution in [0.3, 0.4) is 0 Å². The molecule has 0 heterocycles. The summed E-state index contributed by atoms with van der Waals surface area (Å²) < 4.78 is 0. The fraction of sp³-hybridized carbons (Fsp3) is 0.619. The average Bonchev–Trinajstić information content (AvgIpc) is 2.58. The van der Waals surface area contributed by atoms with Crippen molar-refractivity contribution >= 4 is 5.57 Å². The molecule has 2 saturated carbocycles. The molecule has 3 rings (SSSR count). The van der Waals surface area contributed by atoms with E-state index in [0.29, 0.717) is 0 Å². The summed E-state index contributed by atoms with van der Waals surface area (Å²) in [6, 6.07) is 11.3. The molecule has 0 N–H and O–H groups in total. The standard InChI is InChI=1S/C21H30/c1-17(18-11-5-2-6-12-18)21(19-13-7-3-8-14-19)20-15-9-4-10-16-20/h3,7-8,13-14,18,20H,2,4-6,9-12,15-16H2,1H3. The Hall–Kier alpha value is -1.04. The highest BCUT2D eigenvalue weighted by atomic mass is 14.3. The van der Waals surface area contributed by atoms with E-state index < -0.39 is 0 Å². The average molecular weight is 282 g/mol. The van der Waals surface area contributed by atoms with E-state index in [0.717, 1.165) is 11.8 Å². The van der Waals surface area contributed by atoms with Crippen LogP contribution >= 0.6 is 0 Å². The molecule has 0 radical (unpaired) electrons. The highest BCUT2D eigenvalue weighted by Crippen LogP contribution is 2.41. The maximum atomic E-state index is 2.45. The molecule has 0 spiro atoms. The van der Waals surface area contributed by atoms with Gasteiger partial charge in [0.25, 0.3) is 0 Å². The second-order valence-corrected chi connectivity index (χ2v) is 7.13. The molecule has 0 bridgehead atoms. The Morgan fingerprint density at radius 1 is 0.714 bits per heavy atom. The zero-order chi connectivity index (χ0) is 14.5. The zero-order valence-corrected chi connectivity index (χ0v) is 13.6. The molecule has 0 aliphatic heterocycles. The molecule has 0 nitrogen and oxygen atoms in total. The molecule has 1 aromatic rings. The molecular formula is C21H30. The van der Waals surface area contributed by atoms with Crippen molar-refractivity contribution in [2.75, 3.05) is 0 Å². The molecule has 0 aromatic heterocycles. The molecule has 114 valence electrons. The minimum atomic E-state index is 0.822. The third-order valence-electron chi connectivity index (χ3n) is 5.74. The van der Waals surface area contributed by atoms with Crippen molar-refractivity contribution in [1.29, 1.82) is 0 Å². The first-order chi connectivity index (χ1) is 10.4. The molecule has 21 heavy (non-hydrogen) atoms. The van der Waals surface area contributed by atoms with Gasteiger partial charge in [0, 0.05) is 0 Å². The smallest absolute Gasteiger partial charge is 0.0156 e. The summed E-state index contributed by atoms with van der Waals surface area (Å²) in [5, 5.41) is 0. The van der Waals surface area contributed by atoms with Gasteiger partial charge in [-0.2, -0.15) is 0 Å². The lowest BCUT2D eigenvalue weighted by Crippen LogP contribution is -2.15. The molecule has 0 saturated heterocycles. The summed E-state index contributed by atoms with van der Waals surface area (Å²) in [6.45, 7) is 2.45. The van der Waals surface area contributed by atoms with E-state index in [1.807, 2.05) is 0 Å². The van der Waals surface area contributed by atoms with Gasteiger partial charge in [-0.3, -0.25) is 0 Å². The van der Waals surface area contributed by atoms with Crippen LogP contribution in [0.5, 0.6) is 0 Å². The number of rotatable bonds is 3. The lowest BCUT2D eigenvalue weighted by Gasteiger charge is -2.31. The largest absolute Gasteiger partial charge is 0.0661 e. The summed E-state index contributed by atoms with van der Waals surface area (Å²) in [4.78, 5) is 0. The lowest BCUT2D eigenvalue weighted by atomic mass is 9.74. The number of hydrogen-bond donors (Lipinski definition) is 0. The van der Waals surface area contributed by atoms with Crippen molar-refractivity contribution in [1.82, 2.24) is 0 Å². The predicted molar refractivity (Wildman–Crippen MR) is 92.2 cm³/mol. The second kappa shape index (κ2) is 7.29. The molecule has 0 unspecified atom stereocenters. The van der Waals surface area contributed by atoms with Crippen LogP contribution in [0.2, 0.25) is 0 Å². The van der Waals surface area contributed by atoms with Gasteiger partial charge in [-0.15, -0.1) is 0 Å². The Bertz CT molecular complexity index is 456. The Kier molecular flexibility index (Phi) is 5.17. The van der Waals surface area contributed by atoms with Crippen LogP contribution in [0.25, 0.3) is 5.57 Å². The van der Waals surface area contributed by atoms with Crippen molar-refractivity contribution in [3.63, 3.8) is 0 Å². The Balaban J connectivity index is 1.93. The quantitative estimate of drug-likeness (QED) is 0.584. The van der Waals surface area contributed by atoms with Crippen molar-refractivity contribution < 1.29 is 0 Å². The lowest BCUT2D eigenvalue weighted by molar-refractivity contribution is 0.393. The van der Waals surface area contributed by atoms with E-state index in [1.165, 1.54) is 69.8 Å². The first kappa shape index (κ1) is 14.9. The van der Waals surface area contributed by atoms with Crippen LogP contribution in [0.4, 0.5) is 0 Å². The van der Waals surface area contributed by atoms with Gasteiger partial charge in [0.2, 0.25) is 0 Å². The first-order valence-electron chi connectivity index (χ1n) is 9.12. The minimum Gasteiger partial charge on any atom is -0.0661 e. The molecule has 2 fully saturated rings. The third-order valence-corrected chi connectivity index (χ3v) is 5.74. The van der Waals surface area contributed by atoms with E-state index in [2.05, 4.69) is 37.3 Å². The molecule has 0 heteroatoms. The normalized spacial score (nSPS) is 22.9. The summed E-state index contributed by atoms with van der Waals surface area (Å²) in [5.74, 6) is 1.68. The number of hydrogen-bond acceptors (Lipinski definition) is 0. The van der Waals surface area contributed by atoms with E-state index in [9.17, 15) is 0 Å². The van der Waals surface area contributed by atoms with Crippen molar-refractivity contribution in [3.05, 3.63) is 41.5 Å². The van der Waals surface area contributed by atoms with Gasteiger partial charge < -0.3 is 0 Å². The summed E-state index contributed by atoms with van der Waals surface area (Å²) >= 11 is 0. The summed E-state index contributed by atoms with van der Waals surface area (Å²) in [6.07, 6.45) is 14.3. The second-order valence-electron chi connectivity index (χ2n) is 7.13. The fourth-order valence-corrected chi connectivity index (χ4v) is 4.55. The number of benzene rings is 1. The third kappa shape index (κ3) is 3.59. The van der Waals surface area contributed by atoms with Gasteiger partial charge in [0.05, 0.1) is 0 Å². The highest BCUT2D eigenvalue weighted by Gasteiger charge is 2.25. The van der Waals surface area contributed by atoms with E-state index >= 15 is 0 Å². The molecular weight excluding hydrogens is 252 g/mol. The van der Waals surface area contributed by atoms with Crippen molar-refractivity contribution in [2.45, 2.75) is 71.1 Å². The zero-order valence-electron chi connectivity index (χ0n) is 13.6. The molecule has 0 amide bonds. The van der Waals surface area contributed by atoms with Crippen LogP contribution in [0, 0.1) is 11.8 Å². The molecule has 2 aliphatic carbocycles. The monoisotopic (exact) mass is 282 g/mol. The van der Waals surface area contributed by atoms with Crippen LogP contribution in [0.15, 0.2) is 35.9 Å². The predicted octanol–water partition coefficient (Wildman–Crippen LogP) is 6.62. The van der Waals surface area contributed by atoms with Crippen LogP contribution in [0.1, 0.15) is 76.7 Å². The van der Waals surface area contributed by atoms with Crippen LogP contribution < -0.4 is 0 Å². The van der Waals surface area contributed by atoms with Crippen LogP contribution in [-0.2, 0) is 0 Å². The van der Waals surface area contributed by atoms with Gasteiger partial charge in [-0.25, -0.2) is 0 Å². The maximum absolute atomic E-state index is 2.45. The number of allylic oxidation sites excluding steroid dienone is 2. The highest BCUT2D eigenvalue weighted by molar-refractivity contribution is 5.70. The van der Waals surface area contributed by atoms with E-state index in [-0.39, 0.29) is 0 Å². The minimum absolute atomic E-state index is 0.822. The van der Waals surface area contributed by atoms with E-state index in [4.69, 9.17) is 0 Å². The molecule has 2 aliphatic rings. The summed E-state index contributed by atoms with van der Waals surface area (Å²) in [7, 11) is 0. The first-order valence-corrected chi connectivity index (χ1v) is 9.12. The van der Waals surface area contributed by atoms with Crippen LogP contribution in [-0.4, -0.2) is 0 Å². The van der Waals surface area contributed by atoms with Gasteiger partial charge >= 0.3 is 0 Å². The fourth-order valence-electron chi connectivity index (χ4n) is 4.55. The van der Waals surface area contributed by atoms with Crippen molar-refractivity contribution in [2.24, 2.45) is 11.8 Å². The van der Waals surface area contributed by atoms with Gasteiger partial charge in [0.1, 0.15) is 0 Å². The Labute approximate surface area is 130 Å².